The molecule has 0 fully saturated rings. The van der Waals surface area contributed by atoms with Crippen molar-refractivity contribution in [2.24, 2.45) is 0 Å². The Bertz CT molecular complexity index is 1190. The Labute approximate surface area is 190 Å². The Morgan fingerprint density at radius 2 is 1.48 bits per heavy atom. The van der Waals surface area contributed by atoms with Crippen molar-refractivity contribution in [2.75, 3.05) is 32.3 Å². The van der Waals surface area contributed by atoms with Gasteiger partial charge in [-0.25, -0.2) is 9.59 Å². The third kappa shape index (κ3) is 4.36. The number of ether oxygens (including phenoxy) is 4. The molecular formula is C25H21NO7. The predicted octanol–water partition coefficient (Wildman–Crippen LogP) is 3.18. The smallest absolute Gasteiger partial charge is 0.355 e. The van der Waals surface area contributed by atoms with Crippen LogP contribution in [0, 0.1) is 0 Å². The van der Waals surface area contributed by atoms with Gasteiger partial charge in [-0.1, -0.05) is 6.08 Å². The quantitative estimate of drug-likeness (QED) is 0.510. The summed E-state index contributed by atoms with van der Waals surface area (Å²) in [5, 5.41) is 0. The number of hydrogen-bond acceptors (Lipinski definition) is 8. The summed E-state index contributed by atoms with van der Waals surface area (Å²) in [5.74, 6) is -0.424. The van der Waals surface area contributed by atoms with E-state index in [9.17, 15) is 14.4 Å². The summed E-state index contributed by atoms with van der Waals surface area (Å²) in [7, 11) is 2.47. The molecule has 8 nitrogen and oxygen atoms in total. The first kappa shape index (κ1) is 21.9. The number of nitrogens with zero attached hydrogens (tertiary/aromatic N) is 1. The topological polar surface area (TPSA) is 91.4 Å². The molecule has 0 bridgehead atoms. The minimum atomic E-state index is -0.706. The number of carbonyl (C=O) groups excluding carboxylic acids is 3. The number of anilines is 1. The summed E-state index contributed by atoms with van der Waals surface area (Å²) >= 11 is 0. The van der Waals surface area contributed by atoms with Crippen molar-refractivity contribution >= 4 is 23.4 Å². The number of esters is 2. The normalized spacial score (nSPS) is 14.5. The molecule has 0 aliphatic carbocycles. The van der Waals surface area contributed by atoms with Crippen LogP contribution in [0.25, 0.3) is 0 Å². The molecule has 0 unspecified atom stereocenters. The highest BCUT2D eigenvalue weighted by molar-refractivity contribution is 6.10. The maximum absolute atomic E-state index is 13.0. The first-order valence-electron chi connectivity index (χ1n) is 10.1. The van der Waals surface area contributed by atoms with Crippen molar-refractivity contribution in [1.82, 2.24) is 0 Å². The number of fused-ring (bicyclic) bond motifs is 1. The number of methoxy groups -OCH3 is 2. The van der Waals surface area contributed by atoms with Crippen LogP contribution in [0.2, 0.25) is 0 Å². The number of hydrogen-bond donors (Lipinski definition) is 0. The minimum Gasteiger partial charge on any atom is -0.486 e. The molecule has 2 aliphatic heterocycles. The lowest BCUT2D eigenvalue weighted by Crippen LogP contribution is -2.27. The Balaban J connectivity index is 1.66. The zero-order valence-electron chi connectivity index (χ0n) is 18.1. The Morgan fingerprint density at radius 3 is 2.18 bits per heavy atom. The van der Waals surface area contributed by atoms with E-state index in [0.717, 1.165) is 0 Å². The summed E-state index contributed by atoms with van der Waals surface area (Å²) in [4.78, 5) is 39.3. The molecule has 2 aliphatic rings. The molecule has 0 N–H and O–H groups in total. The summed E-state index contributed by atoms with van der Waals surface area (Å²) in [5.41, 5.74) is 1.51. The summed E-state index contributed by atoms with van der Waals surface area (Å²) in [6, 6.07) is 11.7. The molecule has 2 aromatic carbocycles. The van der Waals surface area contributed by atoms with Gasteiger partial charge in [-0.2, -0.15) is 0 Å². The molecule has 2 aromatic rings. The fourth-order valence-electron chi connectivity index (χ4n) is 3.49. The molecule has 8 heteroatoms. The largest absolute Gasteiger partial charge is 0.486 e. The van der Waals surface area contributed by atoms with Crippen LogP contribution in [0.4, 0.5) is 5.69 Å². The predicted molar refractivity (Wildman–Crippen MR) is 119 cm³/mol. The molecule has 0 atom stereocenters. The lowest BCUT2D eigenvalue weighted by Gasteiger charge is -2.23. The maximum Gasteiger partial charge on any atom is 0.355 e. The molecular weight excluding hydrogens is 426 g/mol. The first-order chi connectivity index (χ1) is 16.0. The summed E-state index contributed by atoms with van der Waals surface area (Å²) < 4.78 is 20.8. The third-order valence-electron chi connectivity index (χ3n) is 5.10. The van der Waals surface area contributed by atoms with Crippen LogP contribution in [-0.4, -0.2) is 45.2 Å². The molecule has 168 valence electrons. The Kier molecular flexibility index (Phi) is 6.26. The Hall–Kier alpha value is -4.33. The van der Waals surface area contributed by atoms with Crippen LogP contribution >= 0.6 is 0 Å². The van der Waals surface area contributed by atoms with Crippen LogP contribution in [0.15, 0.2) is 78.2 Å². The van der Waals surface area contributed by atoms with Crippen molar-refractivity contribution in [2.45, 2.75) is 0 Å². The van der Waals surface area contributed by atoms with E-state index >= 15 is 0 Å². The molecule has 4 rings (SSSR count). The SMILES string of the molecule is COC(=O)C1=C(C(=O)OC)N(c2ccc(C(=O)c3ccc4c(c3)OCCO4)cc2)C=CC=C1. The maximum atomic E-state index is 13.0. The highest BCUT2D eigenvalue weighted by Gasteiger charge is 2.27. The molecule has 2 heterocycles. The second-order valence-electron chi connectivity index (χ2n) is 7.05. The van der Waals surface area contributed by atoms with Gasteiger partial charge in [0.1, 0.15) is 18.9 Å². The van der Waals surface area contributed by atoms with Crippen LogP contribution in [-0.2, 0) is 19.1 Å². The number of benzene rings is 2. The molecule has 0 aromatic heterocycles. The van der Waals surface area contributed by atoms with E-state index in [2.05, 4.69) is 0 Å². The number of ketones is 1. The lowest BCUT2D eigenvalue weighted by atomic mass is 10.0. The fourth-order valence-corrected chi connectivity index (χ4v) is 3.49. The van der Waals surface area contributed by atoms with E-state index in [0.29, 0.717) is 41.5 Å². The fraction of sp³-hybridized carbons (Fsp3) is 0.160. The zero-order valence-corrected chi connectivity index (χ0v) is 18.1. The van der Waals surface area contributed by atoms with Gasteiger partial charge >= 0.3 is 11.9 Å². The van der Waals surface area contributed by atoms with Gasteiger partial charge in [0.2, 0.25) is 0 Å². The number of rotatable bonds is 5. The van der Waals surface area contributed by atoms with Crippen LogP contribution in [0.3, 0.4) is 0 Å². The van der Waals surface area contributed by atoms with Gasteiger partial charge in [-0.15, -0.1) is 0 Å². The second kappa shape index (κ2) is 9.44. The molecule has 0 spiro atoms. The zero-order chi connectivity index (χ0) is 23.4. The van der Waals surface area contributed by atoms with Gasteiger partial charge in [0.15, 0.2) is 17.3 Å². The Morgan fingerprint density at radius 1 is 0.818 bits per heavy atom. The van der Waals surface area contributed by atoms with E-state index in [1.807, 2.05) is 0 Å². The highest BCUT2D eigenvalue weighted by Crippen LogP contribution is 2.32. The van der Waals surface area contributed by atoms with Crippen molar-refractivity contribution < 1.29 is 33.3 Å². The van der Waals surface area contributed by atoms with Crippen molar-refractivity contribution in [3.05, 3.63) is 89.3 Å². The van der Waals surface area contributed by atoms with Crippen LogP contribution in [0.1, 0.15) is 15.9 Å². The van der Waals surface area contributed by atoms with E-state index in [-0.39, 0.29) is 17.1 Å². The standard InChI is InChI=1S/C25H21NO7/c1-30-24(28)19-5-3-4-12-26(22(19)25(29)31-2)18-9-6-16(7-10-18)23(27)17-8-11-20-21(15-17)33-14-13-32-20/h3-12,15H,13-14H2,1-2H3. The molecule has 0 radical (unpaired) electrons. The molecule has 0 saturated heterocycles. The monoisotopic (exact) mass is 447 g/mol. The average Bonchev–Trinajstić information content (AvgIpc) is 3.10. The molecule has 0 amide bonds. The van der Waals surface area contributed by atoms with E-state index < -0.39 is 11.9 Å². The van der Waals surface area contributed by atoms with Crippen molar-refractivity contribution in [3.8, 4) is 11.5 Å². The van der Waals surface area contributed by atoms with Crippen LogP contribution in [0.5, 0.6) is 11.5 Å². The van der Waals surface area contributed by atoms with Crippen LogP contribution < -0.4 is 14.4 Å². The van der Waals surface area contributed by atoms with E-state index in [4.69, 9.17) is 18.9 Å². The summed E-state index contributed by atoms with van der Waals surface area (Å²) in [6.45, 7) is 0.906. The highest BCUT2D eigenvalue weighted by atomic mass is 16.6. The number of carbonyl (C=O) groups is 3. The summed E-state index contributed by atoms with van der Waals surface area (Å²) in [6.07, 6.45) is 6.40. The lowest BCUT2D eigenvalue weighted by molar-refractivity contribution is -0.139. The van der Waals surface area contributed by atoms with Gasteiger partial charge in [0.25, 0.3) is 0 Å². The second-order valence-corrected chi connectivity index (χ2v) is 7.05. The van der Waals surface area contributed by atoms with Gasteiger partial charge in [-0.3, -0.25) is 4.79 Å². The molecule has 33 heavy (non-hydrogen) atoms. The van der Waals surface area contributed by atoms with Gasteiger partial charge < -0.3 is 23.8 Å². The minimum absolute atomic E-state index is 0.000243. The number of allylic oxidation sites excluding steroid dienone is 2. The van der Waals surface area contributed by atoms with Crippen molar-refractivity contribution in [3.63, 3.8) is 0 Å². The van der Waals surface area contributed by atoms with Crippen molar-refractivity contribution in [1.29, 1.82) is 0 Å². The van der Waals surface area contributed by atoms with Gasteiger partial charge in [0, 0.05) is 23.0 Å². The first-order valence-corrected chi connectivity index (χ1v) is 10.1. The average molecular weight is 447 g/mol. The van der Waals surface area contributed by atoms with Gasteiger partial charge in [-0.05, 0) is 54.6 Å². The van der Waals surface area contributed by atoms with Gasteiger partial charge in [0.05, 0.1) is 19.8 Å². The third-order valence-corrected chi connectivity index (χ3v) is 5.10. The van der Waals surface area contributed by atoms with E-state index in [1.54, 1.807) is 60.8 Å². The van der Waals surface area contributed by atoms with E-state index in [1.165, 1.54) is 25.2 Å². The molecule has 0 saturated carbocycles.